The van der Waals surface area contributed by atoms with Gasteiger partial charge in [-0.05, 0) is 36.8 Å². The topological polar surface area (TPSA) is 84.7 Å². The molecule has 0 spiro atoms. The van der Waals surface area contributed by atoms with Crippen LogP contribution in [0.5, 0.6) is 0 Å². The number of carbonyl (C=O) groups excluding carboxylic acids is 1. The summed E-state index contributed by atoms with van der Waals surface area (Å²) in [6.45, 7) is 2.30. The summed E-state index contributed by atoms with van der Waals surface area (Å²) in [5.41, 5.74) is 3.50. The largest absolute Gasteiger partial charge is 0.347 e. The van der Waals surface area contributed by atoms with Gasteiger partial charge in [0.1, 0.15) is 11.5 Å². The summed E-state index contributed by atoms with van der Waals surface area (Å²) in [5, 5.41) is 5.69. The second-order valence-electron chi connectivity index (χ2n) is 6.40. The molecule has 4 rings (SSSR count). The standard InChI is InChI=1S/C20H19N5O2/c1-13-22-16-10-14(8-9-18(16)24(13)2)12-21-20(27)17-11-19(26)25(23-17)15-6-4-3-5-7-15/h3-11,23H,12H2,1-2H3,(H,21,27). The van der Waals surface area contributed by atoms with Gasteiger partial charge in [-0.3, -0.25) is 14.7 Å². The third kappa shape index (κ3) is 3.15. The van der Waals surface area contributed by atoms with Gasteiger partial charge in [0.2, 0.25) is 0 Å². The van der Waals surface area contributed by atoms with Crippen molar-refractivity contribution in [2.24, 2.45) is 7.05 Å². The first kappa shape index (κ1) is 16.8. The number of nitrogens with zero attached hydrogens (tertiary/aromatic N) is 3. The van der Waals surface area contributed by atoms with Crippen molar-refractivity contribution < 1.29 is 4.79 Å². The SMILES string of the molecule is Cc1nc2cc(CNC(=O)c3cc(=O)n(-c4ccccc4)[nH]3)ccc2n1C. The zero-order chi connectivity index (χ0) is 19.0. The predicted molar refractivity (Wildman–Crippen MR) is 103 cm³/mol. The van der Waals surface area contributed by atoms with Gasteiger partial charge in [0.05, 0.1) is 16.7 Å². The molecule has 7 heteroatoms. The minimum Gasteiger partial charge on any atom is -0.347 e. The Morgan fingerprint density at radius 1 is 1.15 bits per heavy atom. The second-order valence-corrected chi connectivity index (χ2v) is 6.40. The number of rotatable bonds is 4. The van der Waals surface area contributed by atoms with Crippen LogP contribution in [0.3, 0.4) is 0 Å². The minimum atomic E-state index is -0.334. The van der Waals surface area contributed by atoms with E-state index in [2.05, 4.69) is 15.4 Å². The minimum absolute atomic E-state index is 0.221. The molecule has 27 heavy (non-hydrogen) atoms. The maximum atomic E-state index is 12.4. The van der Waals surface area contributed by atoms with Crippen molar-refractivity contribution in [1.82, 2.24) is 24.6 Å². The molecular weight excluding hydrogens is 342 g/mol. The maximum Gasteiger partial charge on any atom is 0.271 e. The highest BCUT2D eigenvalue weighted by Crippen LogP contribution is 2.16. The van der Waals surface area contributed by atoms with Crippen LogP contribution < -0.4 is 10.9 Å². The van der Waals surface area contributed by atoms with E-state index in [4.69, 9.17) is 0 Å². The van der Waals surface area contributed by atoms with Crippen LogP contribution >= 0.6 is 0 Å². The van der Waals surface area contributed by atoms with Crippen LogP contribution in [0, 0.1) is 6.92 Å². The quantitative estimate of drug-likeness (QED) is 0.585. The number of benzene rings is 2. The van der Waals surface area contributed by atoms with Gasteiger partial charge in [-0.15, -0.1) is 0 Å². The van der Waals surface area contributed by atoms with Crippen molar-refractivity contribution in [3.05, 3.63) is 82.0 Å². The van der Waals surface area contributed by atoms with Crippen molar-refractivity contribution in [2.45, 2.75) is 13.5 Å². The molecule has 4 aromatic rings. The Hall–Kier alpha value is -3.61. The average molecular weight is 361 g/mol. The molecule has 0 bridgehead atoms. The summed E-state index contributed by atoms with van der Waals surface area (Å²) in [6, 6.07) is 16.3. The Morgan fingerprint density at radius 3 is 2.70 bits per heavy atom. The normalized spacial score (nSPS) is 11.0. The van der Waals surface area contributed by atoms with Crippen molar-refractivity contribution in [3.63, 3.8) is 0 Å². The average Bonchev–Trinajstić information content (AvgIpc) is 3.20. The second kappa shape index (κ2) is 6.60. The van der Waals surface area contributed by atoms with E-state index < -0.39 is 0 Å². The molecule has 2 aromatic heterocycles. The first-order valence-electron chi connectivity index (χ1n) is 8.60. The van der Waals surface area contributed by atoms with Gasteiger partial charge < -0.3 is 9.88 Å². The van der Waals surface area contributed by atoms with Gasteiger partial charge in [0.15, 0.2) is 0 Å². The molecule has 0 saturated heterocycles. The molecule has 0 aliphatic rings. The first-order chi connectivity index (χ1) is 13.0. The van der Waals surface area contributed by atoms with Crippen molar-refractivity contribution in [2.75, 3.05) is 0 Å². The number of carbonyl (C=O) groups is 1. The lowest BCUT2D eigenvalue weighted by molar-refractivity contribution is 0.0945. The molecule has 0 atom stereocenters. The predicted octanol–water partition coefficient (Wildman–Crippen LogP) is 2.29. The Bertz CT molecular complexity index is 1180. The van der Waals surface area contributed by atoms with Crippen molar-refractivity contribution >= 4 is 16.9 Å². The number of aryl methyl sites for hydroxylation is 2. The Morgan fingerprint density at radius 2 is 1.93 bits per heavy atom. The molecule has 2 N–H and O–H groups in total. The van der Waals surface area contributed by atoms with Crippen LogP contribution in [0.2, 0.25) is 0 Å². The number of amides is 1. The van der Waals surface area contributed by atoms with E-state index in [1.54, 1.807) is 12.1 Å². The fourth-order valence-electron chi connectivity index (χ4n) is 3.03. The summed E-state index contributed by atoms with van der Waals surface area (Å²) in [6.07, 6.45) is 0. The third-order valence-electron chi connectivity index (χ3n) is 4.60. The number of aromatic amines is 1. The number of hydrogen-bond acceptors (Lipinski definition) is 3. The van der Waals surface area contributed by atoms with E-state index in [0.29, 0.717) is 12.2 Å². The fourth-order valence-corrected chi connectivity index (χ4v) is 3.03. The molecule has 0 fully saturated rings. The highest BCUT2D eigenvalue weighted by atomic mass is 16.2. The molecule has 0 unspecified atom stereocenters. The van der Waals surface area contributed by atoms with Crippen LogP contribution in [0.15, 0.2) is 59.4 Å². The summed E-state index contributed by atoms with van der Waals surface area (Å²) < 4.78 is 3.37. The van der Waals surface area contributed by atoms with Gasteiger partial charge in [-0.1, -0.05) is 24.3 Å². The molecule has 2 heterocycles. The molecule has 136 valence electrons. The maximum absolute atomic E-state index is 12.4. The molecule has 0 aliphatic heterocycles. The van der Waals surface area contributed by atoms with E-state index in [1.165, 1.54) is 10.7 Å². The Labute approximate surface area is 155 Å². The Balaban J connectivity index is 1.51. The van der Waals surface area contributed by atoms with Crippen LogP contribution in [0.25, 0.3) is 16.7 Å². The van der Waals surface area contributed by atoms with Crippen molar-refractivity contribution in [1.29, 1.82) is 0 Å². The smallest absolute Gasteiger partial charge is 0.271 e. The number of aromatic nitrogens is 4. The Kier molecular flexibility index (Phi) is 4.12. The number of fused-ring (bicyclic) bond motifs is 1. The lowest BCUT2D eigenvalue weighted by Crippen LogP contribution is -2.23. The van der Waals surface area contributed by atoms with E-state index in [0.717, 1.165) is 22.4 Å². The molecule has 7 nitrogen and oxygen atoms in total. The molecule has 0 aliphatic carbocycles. The molecule has 0 saturated carbocycles. The lowest BCUT2D eigenvalue weighted by atomic mass is 10.2. The highest BCUT2D eigenvalue weighted by Gasteiger charge is 2.12. The van der Waals surface area contributed by atoms with Gasteiger partial charge in [0, 0.05) is 19.7 Å². The lowest BCUT2D eigenvalue weighted by Gasteiger charge is -2.05. The zero-order valence-corrected chi connectivity index (χ0v) is 15.1. The van der Waals surface area contributed by atoms with Gasteiger partial charge in [0.25, 0.3) is 11.5 Å². The van der Waals surface area contributed by atoms with Crippen molar-refractivity contribution in [3.8, 4) is 5.69 Å². The zero-order valence-electron chi connectivity index (χ0n) is 15.1. The van der Waals surface area contributed by atoms with Crippen LogP contribution in [-0.2, 0) is 13.6 Å². The van der Waals surface area contributed by atoms with Crippen LogP contribution in [-0.4, -0.2) is 25.2 Å². The fraction of sp³-hybridized carbons (Fsp3) is 0.150. The third-order valence-corrected chi connectivity index (χ3v) is 4.60. The monoisotopic (exact) mass is 361 g/mol. The number of para-hydroxylation sites is 1. The molecular formula is C20H19N5O2. The molecule has 1 amide bonds. The van der Waals surface area contributed by atoms with Gasteiger partial charge >= 0.3 is 0 Å². The highest BCUT2D eigenvalue weighted by molar-refractivity contribution is 5.92. The number of imidazole rings is 1. The van der Waals surface area contributed by atoms with Crippen LogP contribution in [0.4, 0.5) is 0 Å². The van der Waals surface area contributed by atoms with Gasteiger partial charge in [-0.25, -0.2) is 9.67 Å². The molecule has 0 radical (unpaired) electrons. The number of nitrogens with one attached hydrogen (secondary N) is 2. The van der Waals surface area contributed by atoms with Gasteiger partial charge in [-0.2, -0.15) is 0 Å². The summed E-state index contributed by atoms with van der Waals surface area (Å²) in [5.74, 6) is 0.602. The molecule has 2 aromatic carbocycles. The van der Waals surface area contributed by atoms with E-state index in [9.17, 15) is 9.59 Å². The number of H-pyrrole nitrogens is 1. The van der Waals surface area contributed by atoms with E-state index >= 15 is 0 Å². The van der Waals surface area contributed by atoms with E-state index in [1.807, 2.05) is 54.9 Å². The first-order valence-corrected chi connectivity index (χ1v) is 8.60. The summed E-state index contributed by atoms with van der Waals surface area (Å²) in [7, 11) is 1.97. The summed E-state index contributed by atoms with van der Waals surface area (Å²) >= 11 is 0. The van der Waals surface area contributed by atoms with E-state index in [-0.39, 0.29) is 17.2 Å². The number of hydrogen-bond donors (Lipinski definition) is 2. The summed E-state index contributed by atoms with van der Waals surface area (Å²) in [4.78, 5) is 29.1. The van der Waals surface area contributed by atoms with Crippen LogP contribution in [0.1, 0.15) is 21.9 Å².